The van der Waals surface area contributed by atoms with Gasteiger partial charge in [-0.15, -0.1) is 0 Å². The first-order valence-electron chi connectivity index (χ1n) is 5.51. The third kappa shape index (κ3) is 3.45. The Morgan fingerprint density at radius 2 is 1.81 bits per heavy atom. The predicted octanol–water partition coefficient (Wildman–Crippen LogP) is 3.80. The predicted molar refractivity (Wildman–Crippen MR) is 78.4 cm³/mol. The van der Waals surface area contributed by atoms with Gasteiger partial charge in [0, 0.05) is 0 Å². The van der Waals surface area contributed by atoms with E-state index in [1.807, 2.05) is 6.07 Å². The lowest BCUT2D eigenvalue weighted by molar-refractivity contribution is 0.601. The highest BCUT2D eigenvalue weighted by molar-refractivity contribution is 7.92. The fourth-order valence-corrected chi connectivity index (χ4v) is 3.27. The third-order valence-electron chi connectivity index (χ3n) is 2.52. The van der Waals surface area contributed by atoms with Gasteiger partial charge in [0.1, 0.15) is 10.7 Å². The Hall–Kier alpha value is -1.81. The summed E-state index contributed by atoms with van der Waals surface area (Å²) in [6.45, 7) is 0. The number of anilines is 1. The van der Waals surface area contributed by atoms with Crippen LogP contribution < -0.4 is 4.72 Å². The smallest absolute Gasteiger partial charge is 0.263 e. The Labute approximate surface area is 130 Å². The number of nitrogens with zero attached hydrogens (tertiary/aromatic N) is 1. The minimum absolute atomic E-state index is 0.0114. The van der Waals surface area contributed by atoms with E-state index in [9.17, 15) is 12.8 Å². The first-order valence-corrected chi connectivity index (χ1v) is 7.75. The molecule has 0 spiro atoms. The van der Waals surface area contributed by atoms with Crippen molar-refractivity contribution in [3.63, 3.8) is 0 Å². The number of benzene rings is 2. The first kappa shape index (κ1) is 15.6. The van der Waals surface area contributed by atoms with Gasteiger partial charge in [-0.2, -0.15) is 5.26 Å². The van der Waals surface area contributed by atoms with Gasteiger partial charge >= 0.3 is 0 Å². The molecule has 21 heavy (non-hydrogen) atoms. The zero-order chi connectivity index (χ0) is 15.6. The van der Waals surface area contributed by atoms with Crippen LogP contribution in [0.25, 0.3) is 0 Å². The first-order chi connectivity index (χ1) is 9.83. The van der Waals surface area contributed by atoms with E-state index < -0.39 is 15.8 Å². The monoisotopic (exact) mass is 344 g/mol. The Bertz CT molecular complexity index is 848. The van der Waals surface area contributed by atoms with E-state index in [1.54, 1.807) is 0 Å². The van der Waals surface area contributed by atoms with Crippen LogP contribution in [0.3, 0.4) is 0 Å². The molecular weight excluding hydrogens is 338 g/mol. The van der Waals surface area contributed by atoms with Gasteiger partial charge in [0.15, 0.2) is 0 Å². The van der Waals surface area contributed by atoms with Crippen LogP contribution in [-0.2, 0) is 10.0 Å². The second-order valence-corrected chi connectivity index (χ2v) is 6.46. The molecule has 2 aromatic carbocycles. The maximum atomic E-state index is 13.3. The fraction of sp³-hybridized carbons (Fsp3) is 0. The van der Waals surface area contributed by atoms with Gasteiger partial charge in [0.2, 0.25) is 0 Å². The van der Waals surface area contributed by atoms with Crippen LogP contribution in [0.5, 0.6) is 0 Å². The second-order valence-electron chi connectivity index (χ2n) is 3.99. The molecule has 0 bridgehead atoms. The molecule has 0 aromatic heterocycles. The molecule has 4 nitrogen and oxygen atoms in total. The van der Waals surface area contributed by atoms with Crippen molar-refractivity contribution in [2.24, 2.45) is 0 Å². The standard InChI is InChI=1S/C13H7Cl2FN2O2S/c14-10-3-2-9(6-12(10)16)18-21(19,20)13-4-1-8(7-17)5-11(13)15/h1-6,18H. The third-order valence-corrected chi connectivity index (χ3v) is 4.69. The summed E-state index contributed by atoms with van der Waals surface area (Å²) in [4.78, 5) is -0.210. The molecule has 0 heterocycles. The Morgan fingerprint density at radius 1 is 1.10 bits per heavy atom. The summed E-state index contributed by atoms with van der Waals surface area (Å²) in [6.07, 6.45) is 0. The van der Waals surface area contributed by atoms with Crippen molar-refractivity contribution < 1.29 is 12.8 Å². The molecule has 0 saturated carbocycles. The zero-order valence-corrected chi connectivity index (χ0v) is 12.6. The highest BCUT2D eigenvalue weighted by atomic mass is 35.5. The van der Waals surface area contributed by atoms with E-state index in [1.165, 1.54) is 30.3 Å². The minimum atomic E-state index is -4.00. The molecule has 0 atom stereocenters. The van der Waals surface area contributed by atoms with Gasteiger partial charge < -0.3 is 0 Å². The number of nitrogens with one attached hydrogen (secondary N) is 1. The molecule has 0 amide bonds. The number of halogens is 3. The summed E-state index contributed by atoms with van der Waals surface area (Å²) in [6, 6.07) is 9.11. The van der Waals surface area contributed by atoms with E-state index in [0.717, 1.165) is 6.07 Å². The molecule has 0 saturated heterocycles. The average molecular weight is 345 g/mol. The van der Waals surface area contributed by atoms with Crippen LogP contribution >= 0.6 is 23.2 Å². The van der Waals surface area contributed by atoms with E-state index in [-0.39, 0.29) is 26.2 Å². The summed E-state index contributed by atoms with van der Waals surface area (Å²) < 4.78 is 39.9. The van der Waals surface area contributed by atoms with E-state index in [0.29, 0.717) is 0 Å². The van der Waals surface area contributed by atoms with Crippen molar-refractivity contribution in [1.82, 2.24) is 0 Å². The maximum Gasteiger partial charge on any atom is 0.263 e. The summed E-state index contributed by atoms with van der Waals surface area (Å²) in [5.74, 6) is -0.747. The molecule has 8 heteroatoms. The Balaban J connectivity index is 2.38. The summed E-state index contributed by atoms with van der Waals surface area (Å²) in [5, 5.41) is 8.50. The molecule has 108 valence electrons. The molecule has 0 unspecified atom stereocenters. The van der Waals surface area contributed by atoms with Crippen molar-refractivity contribution in [2.45, 2.75) is 4.90 Å². The van der Waals surface area contributed by atoms with E-state index >= 15 is 0 Å². The SMILES string of the molecule is N#Cc1ccc(S(=O)(=O)Nc2ccc(Cl)c(F)c2)c(Cl)c1. The number of rotatable bonds is 3. The molecule has 2 aromatic rings. The molecule has 2 rings (SSSR count). The van der Waals surface area contributed by atoms with Crippen molar-refractivity contribution >= 4 is 38.9 Å². The molecule has 1 N–H and O–H groups in total. The Morgan fingerprint density at radius 3 is 2.38 bits per heavy atom. The fourth-order valence-electron chi connectivity index (χ4n) is 1.56. The number of hydrogen-bond donors (Lipinski definition) is 1. The van der Waals surface area contributed by atoms with E-state index in [2.05, 4.69) is 4.72 Å². The summed E-state index contributed by atoms with van der Waals surface area (Å²) >= 11 is 11.4. The van der Waals surface area contributed by atoms with Crippen molar-refractivity contribution in [1.29, 1.82) is 5.26 Å². The zero-order valence-electron chi connectivity index (χ0n) is 10.3. The average Bonchev–Trinajstić information content (AvgIpc) is 2.42. The van der Waals surface area contributed by atoms with Crippen molar-refractivity contribution in [2.75, 3.05) is 4.72 Å². The molecule has 0 aliphatic heterocycles. The normalized spacial score (nSPS) is 11.0. The second kappa shape index (κ2) is 5.90. The highest BCUT2D eigenvalue weighted by Crippen LogP contribution is 2.26. The van der Waals surface area contributed by atoms with Crippen LogP contribution in [-0.4, -0.2) is 8.42 Å². The lowest BCUT2D eigenvalue weighted by Gasteiger charge is -2.10. The quantitative estimate of drug-likeness (QED) is 0.920. The summed E-state index contributed by atoms with van der Waals surface area (Å²) in [5.41, 5.74) is 0.244. The van der Waals surface area contributed by atoms with Gasteiger partial charge in [-0.1, -0.05) is 23.2 Å². The van der Waals surface area contributed by atoms with Gasteiger partial charge in [0.05, 0.1) is 27.4 Å². The van der Waals surface area contributed by atoms with Gasteiger partial charge in [-0.05, 0) is 36.4 Å². The minimum Gasteiger partial charge on any atom is -0.279 e. The van der Waals surface area contributed by atoms with Crippen molar-refractivity contribution in [3.8, 4) is 6.07 Å². The lowest BCUT2D eigenvalue weighted by atomic mass is 10.2. The van der Waals surface area contributed by atoms with Gasteiger partial charge in [0.25, 0.3) is 10.0 Å². The van der Waals surface area contributed by atoms with Crippen LogP contribution in [0.1, 0.15) is 5.56 Å². The lowest BCUT2D eigenvalue weighted by Crippen LogP contribution is -2.13. The number of hydrogen-bond acceptors (Lipinski definition) is 3. The van der Waals surface area contributed by atoms with Crippen LogP contribution in [0.15, 0.2) is 41.3 Å². The molecular formula is C13H7Cl2FN2O2S. The van der Waals surface area contributed by atoms with Crippen molar-refractivity contribution in [3.05, 3.63) is 57.8 Å². The highest BCUT2D eigenvalue weighted by Gasteiger charge is 2.19. The van der Waals surface area contributed by atoms with Crippen LogP contribution in [0.2, 0.25) is 10.0 Å². The number of nitriles is 1. The maximum absolute atomic E-state index is 13.3. The van der Waals surface area contributed by atoms with Crippen LogP contribution in [0.4, 0.5) is 10.1 Å². The molecule has 0 fully saturated rings. The molecule has 0 aliphatic carbocycles. The summed E-state index contributed by atoms with van der Waals surface area (Å²) in [7, 11) is -4.00. The van der Waals surface area contributed by atoms with Gasteiger partial charge in [-0.3, -0.25) is 4.72 Å². The Kier molecular flexibility index (Phi) is 4.37. The molecule has 0 radical (unpaired) electrons. The van der Waals surface area contributed by atoms with E-state index in [4.69, 9.17) is 28.5 Å². The van der Waals surface area contributed by atoms with Crippen LogP contribution in [0, 0.1) is 17.1 Å². The number of sulfonamides is 1. The topological polar surface area (TPSA) is 70.0 Å². The molecule has 0 aliphatic rings. The van der Waals surface area contributed by atoms with Gasteiger partial charge in [-0.25, -0.2) is 12.8 Å². The largest absolute Gasteiger partial charge is 0.279 e.